The number of rotatable bonds is 7. The predicted molar refractivity (Wildman–Crippen MR) is 69.5 cm³/mol. The molecule has 1 unspecified atom stereocenters. The highest BCUT2D eigenvalue weighted by atomic mass is 32.2. The molecule has 1 nitrogen and oxygen atoms in total. The molecule has 96 valence electrons. The molecule has 1 rings (SSSR count). The minimum absolute atomic E-state index is 0.270. The summed E-state index contributed by atoms with van der Waals surface area (Å²) >= 11 is 1.43. The summed E-state index contributed by atoms with van der Waals surface area (Å²) in [5, 5.41) is 3.59. The van der Waals surface area contributed by atoms with Crippen LogP contribution in [0.4, 0.5) is 8.78 Å². The summed E-state index contributed by atoms with van der Waals surface area (Å²) in [6, 6.07) is 3.72. The molecular weight excluding hydrogens is 240 g/mol. The standard InChI is InChI=1S/C13H19F2NS/c1-3-4-7-16-9-10(2)17-13-6-5-11(14)8-12(13)15/h5-6,8,10,16H,3-4,7,9H2,1-2H3. The molecule has 0 bridgehead atoms. The molecule has 4 heteroatoms. The SMILES string of the molecule is CCCCNCC(C)Sc1ccc(F)cc1F. The highest BCUT2D eigenvalue weighted by Crippen LogP contribution is 2.26. The van der Waals surface area contributed by atoms with Crippen LogP contribution in [0.5, 0.6) is 0 Å². The summed E-state index contributed by atoms with van der Waals surface area (Å²) in [5.74, 6) is -1.00. The average molecular weight is 259 g/mol. The Hall–Kier alpha value is -0.610. The van der Waals surface area contributed by atoms with Gasteiger partial charge in [-0.25, -0.2) is 8.78 Å². The number of hydrogen-bond acceptors (Lipinski definition) is 2. The average Bonchev–Trinajstić information content (AvgIpc) is 2.28. The number of nitrogens with one attached hydrogen (secondary N) is 1. The van der Waals surface area contributed by atoms with Crippen LogP contribution in [0.1, 0.15) is 26.7 Å². The van der Waals surface area contributed by atoms with Crippen molar-refractivity contribution in [2.45, 2.75) is 36.8 Å². The Labute approximate surface area is 106 Å². The number of benzene rings is 1. The van der Waals surface area contributed by atoms with E-state index in [1.54, 1.807) is 0 Å². The summed E-state index contributed by atoms with van der Waals surface area (Å²) < 4.78 is 26.1. The Morgan fingerprint density at radius 2 is 2.12 bits per heavy atom. The van der Waals surface area contributed by atoms with E-state index in [0.717, 1.165) is 25.6 Å². The van der Waals surface area contributed by atoms with E-state index < -0.39 is 11.6 Å². The van der Waals surface area contributed by atoms with Gasteiger partial charge in [0.2, 0.25) is 0 Å². The minimum atomic E-state index is -0.527. The van der Waals surface area contributed by atoms with Gasteiger partial charge in [0.1, 0.15) is 11.6 Å². The van der Waals surface area contributed by atoms with E-state index in [1.807, 2.05) is 6.92 Å². The van der Waals surface area contributed by atoms with Crippen LogP contribution in [0.3, 0.4) is 0 Å². The van der Waals surface area contributed by atoms with Gasteiger partial charge in [-0.1, -0.05) is 20.3 Å². The predicted octanol–water partition coefficient (Wildman–Crippen LogP) is 3.84. The molecule has 1 atom stereocenters. The maximum Gasteiger partial charge on any atom is 0.139 e. The van der Waals surface area contributed by atoms with Crippen molar-refractivity contribution in [1.82, 2.24) is 5.32 Å². The Morgan fingerprint density at radius 1 is 1.35 bits per heavy atom. The third-order valence-corrected chi connectivity index (χ3v) is 3.52. The van der Waals surface area contributed by atoms with E-state index in [2.05, 4.69) is 12.2 Å². The lowest BCUT2D eigenvalue weighted by Gasteiger charge is -2.12. The van der Waals surface area contributed by atoms with Gasteiger partial charge in [0, 0.05) is 22.8 Å². The number of hydrogen-bond donors (Lipinski definition) is 1. The Morgan fingerprint density at radius 3 is 2.76 bits per heavy atom. The van der Waals surface area contributed by atoms with Crippen LogP contribution in [0, 0.1) is 11.6 Å². The van der Waals surface area contributed by atoms with E-state index in [0.29, 0.717) is 4.90 Å². The van der Waals surface area contributed by atoms with Crippen LogP contribution >= 0.6 is 11.8 Å². The van der Waals surface area contributed by atoms with E-state index >= 15 is 0 Å². The Kier molecular flexibility index (Phi) is 6.52. The van der Waals surface area contributed by atoms with Crippen molar-refractivity contribution >= 4 is 11.8 Å². The molecular formula is C13H19F2NS. The highest BCUT2D eigenvalue weighted by molar-refractivity contribution is 8.00. The summed E-state index contributed by atoms with van der Waals surface area (Å²) in [5.41, 5.74) is 0. The van der Waals surface area contributed by atoms with Crippen molar-refractivity contribution in [3.8, 4) is 0 Å². The molecule has 1 aromatic rings. The van der Waals surface area contributed by atoms with Crippen molar-refractivity contribution in [3.63, 3.8) is 0 Å². The van der Waals surface area contributed by atoms with E-state index in [-0.39, 0.29) is 5.25 Å². The van der Waals surface area contributed by atoms with Crippen LogP contribution in [0.15, 0.2) is 23.1 Å². The molecule has 0 aliphatic carbocycles. The quantitative estimate of drug-likeness (QED) is 0.590. The molecule has 0 saturated heterocycles. The van der Waals surface area contributed by atoms with Gasteiger partial charge in [-0.3, -0.25) is 0 Å². The van der Waals surface area contributed by atoms with Crippen molar-refractivity contribution in [2.24, 2.45) is 0 Å². The van der Waals surface area contributed by atoms with Crippen molar-refractivity contribution in [3.05, 3.63) is 29.8 Å². The number of halogens is 2. The molecule has 1 N–H and O–H groups in total. The van der Waals surface area contributed by atoms with Crippen LogP contribution < -0.4 is 5.32 Å². The van der Waals surface area contributed by atoms with Crippen molar-refractivity contribution < 1.29 is 8.78 Å². The maximum absolute atomic E-state index is 13.4. The van der Waals surface area contributed by atoms with Gasteiger partial charge >= 0.3 is 0 Å². The van der Waals surface area contributed by atoms with Gasteiger partial charge in [0.05, 0.1) is 0 Å². The molecule has 0 heterocycles. The topological polar surface area (TPSA) is 12.0 Å². The third kappa shape index (κ3) is 5.50. The summed E-state index contributed by atoms with van der Waals surface area (Å²) in [6.07, 6.45) is 2.32. The van der Waals surface area contributed by atoms with Crippen LogP contribution in [0.25, 0.3) is 0 Å². The van der Waals surface area contributed by atoms with Crippen LogP contribution in [-0.2, 0) is 0 Å². The second kappa shape index (κ2) is 7.67. The summed E-state index contributed by atoms with van der Waals surface area (Å²) in [6.45, 7) is 6.01. The first-order valence-electron chi connectivity index (χ1n) is 5.96. The largest absolute Gasteiger partial charge is 0.316 e. The van der Waals surface area contributed by atoms with Crippen LogP contribution in [-0.4, -0.2) is 18.3 Å². The van der Waals surface area contributed by atoms with Gasteiger partial charge in [-0.2, -0.15) is 0 Å². The van der Waals surface area contributed by atoms with Crippen molar-refractivity contribution in [1.29, 1.82) is 0 Å². The fourth-order valence-electron chi connectivity index (χ4n) is 1.44. The van der Waals surface area contributed by atoms with E-state index in [4.69, 9.17) is 0 Å². The lowest BCUT2D eigenvalue weighted by atomic mass is 10.3. The Bertz CT molecular complexity index is 344. The van der Waals surface area contributed by atoms with E-state index in [1.165, 1.54) is 30.3 Å². The zero-order chi connectivity index (χ0) is 12.7. The zero-order valence-corrected chi connectivity index (χ0v) is 11.1. The fourth-order valence-corrected chi connectivity index (χ4v) is 2.39. The molecule has 0 aromatic heterocycles. The molecule has 0 radical (unpaired) electrons. The smallest absolute Gasteiger partial charge is 0.139 e. The normalized spacial score (nSPS) is 12.7. The van der Waals surface area contributed by atoms with Gasteiger partial charge in [-0.15, -0.1) is 11.8 Å². The lowest BCUT2D eigenvalue weighted by molar-refractivity contribution is 0.565. The highest BCUT2D eigenvalue weighted by Gasteiger charge is 2.09. The molecule has 17 heavy (non-hydrogen) atoms. The first-order valence-corrected chi connectivity index (χ1v) is 6.84. The van der Waals surface area contributed by atoms with Gasteiger partial charge < -0.3 is 5.32 Å². The lowest BCUT2D eigenvalue weighted by Crippen LogP contribution is -2.23. The van der Waals surface area contributed by atoms with Gasteiger partial charge in [0.15, 0.2) is 0 Å². The fraction of sp³-hybridized carbons (Fsp3) is 0.538. The zero-order valence-electron chi connectivity index (χ0n) is 10.3. The summed E-state index contributed by atoms with van der Waals surface area (Å²) in [7, 11) is 0. The first-order chi connectivity index (χ1) is 8.13. The van der Waals surface area contributed by atoms with Crippen LogP contribution in [0.2, 0.25) is 0 Å². The molecule has 0 spiro atoms. The molecule has 0 aliphatic heterocycles. The van der Waals surface area contributed by atoms with Crippen molar-refractivity contribution in [2.75, 3.05) is 13.1 Å². The summed E-state index contributed by atoms with van der Waals surface area (Å²) in [4.78, 5) is 0.510. The Balaban J connectivity index is 2.37. The molecule has 0 fully saturated rings. The second-order valence-electron chi connectivity index (χ2n) is 4.06. The molecule has 1 aromatic carbocycles. The molecule has 0 saturated carbocycles. The van der Waals surface area contributed by atoms with E-state index in [9.17, 15) is 8.78 Å². The van der Waals surface area contributed by atoms with Gasteiger partial charge in [-0.05, 0) is 25.1 Å². The first kappa shape index (κ1) is 14.5. The minimum Gasteiger partial charge on any atom is -0.316 e. The second-order valence-corrected chi connectivity index (χ2v) is 5.54. The number of unbranched alkanes of at least 4 members (excludes halogenated alkanes) is 1. The molecule has 0 aliphatic rings. The maximum atomic E-state index is 13.4. The number of thioether (sulfide) groups is 1. The van der Waals surface area contributed by atoms with Gasteiger partial charge in [0.25, 0.3) is 0 Å². The third-order valence-electron chi connectivity index (χ3n) is 2.36. The monoisotopic (exact) mass is 259 g/mol. The molecule has 0 amide bonds.